The van der Waals surface area contributed by atoms with Gasteiger partial charge in [0, 0.05) is 18.3 Å². The van der Waals surface area contributed by atoms with Crippen molar-refractivity contribution in [2.24, 2.45) is 23.2 Å². The Bertz CT molecular complexity index is 352. The zero-order chi connectivity index (χ0) is 12.8. The molecule has 2 nitrogen and oxygen atoms in total. The normalized spacial score (nSPS) is 34.0. The van der Waals surface area contributed by atoms with Crippen LogP contribution in [-0.2, 0) is 9.53 Å². The lowest BCUT2D eigenvalue weighted by Crippen LogP contribution is -2.61. The standard InChI is InChI=1S/C15H24O2/c1-9(2)8-12(16)17-14-11-7-6-10(3)13(14)15(11,4)5/h6,9,11,13-14H,7-8H2,1-5H3/t11?,13?,14-/m0/s1. The molecule has 0 N–H and O–H groups in total. The minimum absolute atomic E-state index is 0.0230. The molecule has 0 aromatic heterocycles. The van der Waals surface area contributed by atoms with Gasteiger partial charge >= 0.3 is 5.97 Å². The van der Waals surface area contributed by atoms with Crippen LogP contribution in [0.15, 0.2) is 11.6 Å². The Hall–Kier alpha value is -0.790. The molecule has 1 saturated carbocycles. The summed E-state index contributed by atoms with van der Waals surface area (Å²) in [6.45, 7) is 10.9. The SMILES string of the molecule is CC1=CCC2[C@H](OC(=O)CC(C)C)C1C2(C)C. The molecule has 3 aliphatic rings. The van der Waals surface area contributed by atoms with Crippen molar-refractivity contribution in [1.82, 2.24) is 0 Å². The summed E-state index contributed by atoms with van der Waals surface area (Å²) in [6.07, 6.45) is 4.06. The molecular weight excluding hydrogens is 212 g/mol. The largest absolute Gasteiger partial charge is 0.461 e. The molecule has 0 radical (unpaired) electrons. The molecule has 0 aromatic rings. The number of carbonyl (C=O) groups excluding carboxylic acids is 1. The number of rotatable bonds is 3. The first-order chi connectivity index (χ1) is 7.84. The molecule has 1 fully saturated rings. The minimum Gasteiger partial charge on any atom is -0.461 e. The van der Waals surface area contributed by atoms with Gasteiger partial charge in [-0.1, -0.05) is 39.3 Å². The van der Waals surface area contributed by atoms with Crippen molar-refractivity contribution in [2.45, 2.75) is 53.6 Å². The summed E-state index contributed by atoms with van der Waals surface area (Å²) in [5.41, 5.74) is 1.71. The van der Waals surface area contributed by atoms with Crippen molar-refractivity contribution < 1.29 is 9.53 Å². The number of hydrogen-bond acceptors (Lipinski definition) is 2. The number of allylic oxidation sites excluding steroid dienone is 1. The van der Waals surface area contributed by atoms with Gasteiger partial charge in [0.1, 0.15) is 6.10 Å². The Morgan fingerprint density at radius 3 is 2.65 bits per heavy atom. The summed E-state index contributed by atoms with van der Waals surface area (Å²) in [5, 5.41) is 0. The van der Waals surface area contributed by atoms with E-state index in [1.54, 1.807) is 0 Å². The maximum atomic E-state index is 11.8. The molecule has 2 unspecified atom stereocenters. The van der Waals surface area contributed by atoms with Crippen LogP contribution in [-0.4, -0.2) is 12.1 Å². The molecule has 17 heavy (non-hydrogen) atoms. The second kappa shape index (κ2) is 4.15. The third-order valence-corrected chi connectivity index (χ3v) is 4.51. The molecule has 0 aromatic carbocycles. The number of fused-ring (bicyclic) bond motifs is 1. The summed E-state index contributed by atoms with van der Waals surface area (Å²) in [6, 6.07) is 0. The Kier molecular flexibility index (Phi) is 3.09. The lowest BCUT2D eigenvalue weighted by molar-refractivity contribution is -0.192. The van der Waals surface area contributed by atoms with E-state index in [1.807, 2.05) is 0 Å². The predicted octanol–water partition coefficient (Wildman–Crippen LogP) is 3.57. The Labute approximate surface area is 104 Å². The topological polar surface area (TPSA) is 26.3 Å². The maximum absolute atomic E-state index is 11.8. The number of esters is 1. The van der Waals surface area contributed by atoms with Crippen LogP contribution in [0.25, 0.3) is 0 Å². The first-order valence-electron chi connectivity index (χ1n) is 6.70. The second-order valence-electron chi connectivity index (χ2n) is 6.64. The first kappa shape index (κ1) is 12.7. The van der Waals surface area contributed by atoms with Crippen molar-refractivity contribution in [3.05, 3.63) is 11.6 Å². The summed E-state index contributed by atoms with van der Waals surface area (Å²) < 4.78 is 5.69. The van der Waals surface area contributed by atoms with Gasteiger partial charge in [-0.2, -0.15) is 0 Å². The molecule has 0 heterocycles. The van der Waals surface area contributed by atoms with E-state index >= 15 is 0 Å². The first-order valence-corrected chi connectivity index (χ1v) is 6.70. The Morgan fingerprint density at radius 2 is 2.18 bits per heavy atom. The van der Waals surface area contributed by atoms with Gasteiger partial charge in [-0.3, -0.25) is 4.79 Å². The van der Waals surface area contributed by atoms with E-state index in [1.165, 1.54) is 5.57 Å². The van der Waals surface area contributed by atoms with Gasteiger partial charge in [0.25, 0.3) is 0 Å². The summed E-state index contributed by atoms with van der Waals surface area (Å²) in [4.78, 5) is 11.8. The molecule has 96 valence electrons. The highest BCUT2D eigenvalue weighted by molar-refractivity contribution is 5.70. The van der Waals surface area contributed by atoms with Crippen LogP contribution >= 0.6 is 0 Å². The lowest BCUT2D eigenvalue weighted by atomic mass is 9.47. The Morgan fingerprint density at radius 1 is 1.53 bits per heavy atom. The summed E-state index contributed by atoms with van der Waals surface area (Å²) in [7, 11) is 0. The van der Waals surface area contributed by atoms with E-state index in [2.05, 4.69) is 40.7 Å². The molecular formula is C15H24O2. The van der Waals surface area contributed by atoms with Crippen molar-refractivity contribution in [1.29, 1.82) is 0 Å². The van der Waals surface area contributed by atoms with Crippen LogP contribution in [0.4, 0.5) is 0 Å². The molecule has 3 atom stereocenters. The molecule has 0 amide bonds. The van der Waals surface area contributed by atoms with Crippen LogP contribution < -0.4 is 0 Å². The molecule has 3 rings (SSSR count). The fourth-order valence-electron chi connectivity index (χ4n) is 3.60. The zero-order valence-electron chi connectivity index (χ0n) is 11.6. The second-order valence-corrected chi connectivity index (χ2v) is 6.64. The molecule has 3 aliphatic carbocycles. The molecule has 2 bridgehead atoms. The van der Waals surface area contributed by atoms with Gasteiger partial charge in [0.15, 0.2) is 0 Å². The molecule has 0 spiro atoms. The number of carbonyl (C=O) groups is 1. The smallest absolute Gasteiger partial charge is 0.306 e. The van der Waals surface area contributed by atoms with Crippen molar-refractivity contribution >= 4 is 5.97 Å². The van der Waals surface area contributed by atoms with E-state index in [9.17, 15) is 4.79 Å². The maximum Gasteiger partial charge on any atom is 0.306 e. The molecule has 0 aliphatic heterocycles. The van der Waals surface area contributed by atoms with Gasteiger partial charge in [0.05, 0.1) is 0 Å². The van der Waals surface area contributed by atoms with Gasteiger partial charge in [0.2, 0.25) is 0 Å². The van der Waals surface area contributed by atoms with Gasteiger partial charge in [-0.25, -0.2) is 0 Å². The number of ether oxygens (including phenoxy) is 1. The molecule has 2 heteroatoms. The minimum atomic E-state index is -0.0230. The fraction of sp³-hybridized carbons (Fsp3) is 0.800. The highest BCUT2D eigenvalue weighted by Gasteiger charge is 2.60. The van der Waals surface area contributed by atoms with Crippen LogP contribution in [0.5, 0.6) is 0 Å². The highest BCUT2D eigenvalue weighted by atomic mass is 16.5. The van der Waals surface area contributed by atoms with E-state index in [-0.39, 0.29) is 12.1 Å². The van der Waals surface area contributed by atoms with Crippen molar-refractivity contribution in [3.8, 4) is 0 Å². The van der Waals surface area contributed by atoms with E-state index in [0.717, 1.165) is 6.42 Å². The zero-order valence-corrected chi connectivity index (χ0v) is 11.6. The average molecular weight is 236 g/mol. The molecule has 0 saturated heterocycles. The third kappa shape index (κ3) is 2.02. The van der Waals surface area contributed by atoms with Crippen molar-refractivity contribution in [3.63, 3.8) is 0 Å². The summed E-state index contributed by atoms with van der Waals surface area (Å²) in [5.74, 6) is 1.32. The van der Waals surface area contributed by atoms with Crippen LogP contribution in [0.2, 0.25) is 0 Å². The third-order valence-electron chi connectivity index (χ3n) is 4.51. The van der Waals surface area contributed by atoms with Crippen LogP contribution in [0.1, 0.15) is 47.5 Å². The lowest BCUT2D eigenvalue weighted by Gasteiger charge is -2.60. The van der Waals surface area contributed by atoms with Gasteiger partial charge < -0.3 is 4.74 Å². The average Bonchev–Trinajstić information content (AvgIpc) is 2.14. The van der Waals surface area contributed by atoms with Crippen LogP contribution in [0.3, 0.4) is 0 Å². The van der Waals surface area contributed by atoms with E-state index in [0.29, 0.717) is 29.6 Å². The van der Waals surface area contributed by atoms with Gasteiger partial charge in [-0.05, 0) is 24.7 Å². The predicted molar refractivity (Wildman–Crippen MR) is 68.5 cm³/mol. The van der Waals surface area contributed by atoms with E-state index < -0.39 is 0 Å². The monoisotopic (exact) mass is 236 g/mol. The van der Waals surface area contributed by atoms with E-state index in [4.69, 9.17) is 4.74 Å². The Balaban J connectivity index is 2.02. The number of hydrogen-bond donors (Lipinski definition) is 0. The van der Waals surface area contributed by atoms with Crippen molar-refractivity contribution in [2.75, 3.05) is 0 Å². The highest BCUT2D eigenvalue weighted by Crippen LogP contribution is 2.60. The quantitative estimate of drug-likeness (QED) is 0.553. The van der Waals surface area contributed by atoms with Gasteiger partial charge in [-0.15, -0.1) is 0 Å². The summed E-state index contributed by atoms with van der Waals surface area (Å²) >= 11 is 0. The fourth-order valence-corrected chi connectivity index (χ4v) is 3.60. The van der Waals surface area contributed by atoms with Crippen LogP contribution in [0, 0.1) is 23.2 Å².